The average molecular weight is 656 g/mol. The quantitative estimate of drug-likeness (QED) is 0.299. The number of hydrogen-bond acceptors (Lipinski definition) is 9. The van der Waals surface area contributed by atoms with Crippen molar-refractivity contribution in [2.24, 2.45) is 28.6 Å². The molecule has 3 aromatic rings. The van der Waals surface area contributed by atoms with E-state index in [1.165, 1.54) is 0 Å². The summed E-state index contributed by atoms with van der Waals surface area (Å²) in [6, 6.07) is 15.2. The van der Waals surface area contributed by atoms with Gasteiger partial charge in [-0.2, -0.15) is 0 Å². The van der Waals surface area contributed by atoms with E-state index in [2.05, 4.69) is 18.8 Å². The van der Waals surface area contributed by atoms with Gasteiger partial charge in [0.1, 0.15) is 28.8 Å². The molecule has 0 bridgehead atoms. The highest BCUT2D eigenvalue weighted by atomic mass is 16.7. The Bertz CT molecular complexity index is 1720. The molecule has 4 heterocycles. The van der Waals surface area contributed by atoms with Gasteiger partial charge in [0.25, 0.3) is 0 Å². The summed E-state index contributed by atoms with van der Waals surface area (Å²) in [5.41, 5.74) is -0.997. The van der Waals surface area contributed by atoms with Crippen molar-refractivity contribution in [2.45, 2.75) is 102 Å². The fourth-order valence-corrected chi connectivity index (χ4v) is 10.2. The standard InChI is InChI=1S/C39H45NO8/c1-37-17-16-29-38(2,22-44-36(47-29)24-13-8-5-9-14-24)28(37)20-30(46-34(42)23-11-6-4-7-12-23)39(3)33(37)32(41)31-27(48-39)19-26(45-35(31)43)25-15-10-18-40-21-25/h5,8-10,13-15,18-19,21,23,28-30,32-33,36,41H,4,6-7,11-12,16-17,20,22H2,1-3H3/t28-,29+,30+,32+,33-,36-,37+,38+,39-/m1/s1. The fourth-order valence-electron chi connectivity index (χ4n) is 10.2. The SMILES string of the molecule is C[C@@]12CO[C@@H](c3ccccc3)O[C@H]1CC[C@@]1(C)[C@H]2C[C@H](OC(=O)C2CCCCC2)[C@@]2(C)Oc3cc(-c4cccnc4)oc(=O)c3[C@H](O)[C@H]12. The number of carbonyl (C=O) groups excluding carboxylic acids is 1. The van der Waals surface area contributed by atoms with Gasteiger partial charge in [0.15, 0.2) is 6.29 Å². The van der Waals surface area contributed by atoms with Gasteiger partial charge in [0.2, 0.25) is 0 Å². The Morgan fingerprint density at radius 3 is 2.54 bits per heavy atom. The molecule has 1 saturated heterocycles. The number of rotatable bonds is 4. The molecule has 2 aliphatic heterocycles. The molecule has 9 heteroatoms. The van der Waals surface area contributed by atoms with E-state index < -0.39 is 46.5 Å². The summed E-state index contributed by atoms with van der Waals surface area (Å²) >= 11 is 0. The van der Waals surface area contributed by atoms with E-state index in [1.807, 2.05) is 37.3 Å². The molecule has 0 amide bonds. The second-order valence-corrected chi connectivity index (χ2v) is 15.4. The largest absolute Gasteiger partial charge is 0.482 e. The Morgan fingerprint density at radius 2 is 1.79 bits per heavy atom. The first-order valence-electron chi connectivity index (χ1n) is 17.6. The molecule has 1 N–H and O–H groups in total. The first-order valence-corrected chi connectivity index (χ1v) is 17.6. The second kappa shape index (κ2) is 11.8. The van der Waals surface area contributed by atoms with E-state index in [1.54, 1.807) is 30.6 Å². The first kappa shape index (κ1) is 31.7. The number of ether oxygens (including phenoxy) is 4. The third kappa shape index (κ3) is 4.95. The van der Waals surface area contributed by atoms with E-state index >= 15 is 0 Å². The molecule has 9 nitrogen and oxygen atoms in total. The highest BCUT2D eigenvalue weighted by Gasteiger charge is 2.71. The maximum Gasteiger partial charge on any atom is 0.345 e. The number of esters is 1. The Labute approximate surface area is 281 Å². The van der Waals surface area contributed by atoms with E-state index in [0.29, 0.717) is 24.4 Å². The Balaban J connectivity index is 1.20. The molecule has 1 aromatic carbocycles. The van der Waals surface area contributed by atoms with Crippen LogP contribution in [0.1, 0.15) is 95.7 Å². The Hall–Kier alpha value is -3.53. The summed E-state index contributed by atoms with van der Waals surface area (Å²) in [6.07, 6.45) is 7.62. The van der Waals surface area contributed by atoms with Crippen molar-refractivity contribution in [3.8, 4) is 17.1 Å². The average Bonchev–Trinajstić information content (AvgIpc) is 3.09. The lowest BCUT2D eigenvalue weighted by atomic mass is 9.42. The smallest absolute Gasteiger partial charge is 0.345 e. The minimum Gasteiger partial charge on any atom is -0.482 e. The van der Waals surface area contributed by atoms with Crippen LogP contribution in [0.3, 0.4) is 0 Å². The van der Waals surface area contributed by atoms with Gasteiger partial charge in [0.05, 0.1) is 24.7 Å². The zero-order valence-corrected chi connectivity index (χ0v) is 27.9. The second-order valence-electron chi connectivity index (χ2n) is 15.4. The maximum absolute atomic E-state index is 13.8. The van der Waals surface area contributed by atoms with E-state index in [0.717, 1.165) is 50.5 Å². The van der Waals surface area contributed by atoms with Crippen LogP contribution in [0.25, 0.3) is 11.3 Å². The van der Waals surface area contributed by atoms with Crippen LogP contribution in [-0.4, -0.2) is 40.5 Å². The topological polar surface area (TPSA) is 117 Å². The Kier molecular flexibility index (Phi) is 7.81. The van der Waals surface area contributed by atoms with Gasteiger partial charge in [-0.1, -0.05) is 63.4 Å². The van der Waals surface area contributed by atoms with Crippen LogP contribution in [0.2, 0.25) is 0 Å². The van der Waals surface area contributed by atoms with E-state index in [4.69, 9.17) is 23.4 Å². The van der Waals surface area contributed by atoms with Gasteiger partial charge in [-0.3, -0.25) is 9.78 Å². The molecule has 3 saturated carbocycles. The molecular formula is C39H45NO8. The third-order valence-corrected chi connectivity index (χ3v) is 12.6. The lowest BCUT2D eigenvalue weighted by Gasteiger charge is -2.67. The van der Waals surface area contributed by atoms with Crippen LogP contribution in [0.5, 0.6) is 5.75 Å². The molecule has 2 aromatic heterocycles. The molecule has 4 fully saturated rings. The predicted octanol–water partition coefficient (Wildman–Crippen LogP) is 6.94. The summed E-state index contributed by atoms with van der Waals surface area (Å²) in [6.45, 7) is 6.82. The number of hydrogen-bond donors (Lipinski definition) is 1. The molecule has 8 rings (SSSR count). The fraction of sp³-hybridized carbons (Fsp3) is 0.564. The number of carbonyl (C=O) groups is 1. The molecular weight excluding hydrogens is 610 g/mol. The van der Waals surface area contributed by atoms with E-state index in [-0.39, 0.29) is 35.2 Å². The van der Waals surface area contributed by atoms with Crippen molar-refractivity contribution < 1.29 is 33.3 Å². The molecule has 0 spiro atoms. The Morgan fingerprint density at radius 1 is 1.00 bits per heavy atom. The number of aromatic nitrogens is 1. The van der Waals surface area contributed by atoms with Gasteiger partial charge >= 0.3 is 11.6 Å². The van der Waals surface area contributed by atoms with Crippen LogP contribution in [-0.2, 0) is 19.0 Å². The molecule has 48 heavy (non-hydrogen) atoms. The van der Waals surface area contributed by atoms with Crippen molar-refractivity contribution in [1.29, 1.82) is 0 Å². The summed E-state index contributed by atoms with van der Waals surface area (Å²) in [7, 11) is 0. The van der Waals surface area contributed by atoms with Gasteiger partial charge in [-0.25, -0.2) is 4.79 Å². The lowest BCUT2D eigenvalue weighted by molar-refractivity contribution is -0.331. The van der Waals surface area contributed by atoms with Crippen molar-refractivity contribution >= 4 is 5.97 Å². The van der Waals surface area contributed by atoms with E-state index in [9.17, 15) is 14.7 Å². The molecule has 9 atom stereocenters. The number of benzene rings is 1. The first-order chi connectivity index (χ1) is 23.1. The minimum absolute atomic E-state index is 0.0655. The van der Waals surface area contributed by atoms with Crippen molar-refractivity contribution in [3.05, 3.63) is 82.5 Å². The molecule has 3 aliphatic carbocycles. The zero-order valence-electron chi connectivity index (χ0n) is 27.9. The summed E-state index contributed by atoms with van der Waals surface area (Å²) in [5.74, 6) is -0.432. The van der Waals surface area contributed by atoms with Crippen LogP contribution >= 0.6 is 0 Å². The van der Waals surface area contributed by atoms with Crippen LogP contribution in [0.15, 0.2) is 70.1 Å². The van der Waals surface area contributed by atoms with Crippen LogP contribution in [0, 0.1) is 28.6 Å². The summed E-state index contributed by atoms with van der Waals surface area (Å²) < 4.78 is 32.4. The zero-order chi connectivity index (χ0) is 33.3. The van der Waals surface area contributed by atoms with Crippen molar-refractivity contribution in [2.75, 3.05) is 6.61 Å². The lowest BCUT2D eigenvalue weighted by Crippen LogP contribution is -2.72. The third-order valence-electron chi connectivity index (χ3n) is 12.6. The monoisotopic (exact) mass is 655 g/mol. The number of fused-ring (bicyclic) bond motifs is 6. The number of pyridine rings is 1. The predicted molar refractivity (Wildman–Crippen MR) is 176 cm³/mol. The normalized spacial score (nSPS) is 37.6. The van der Waals surface area contributed by atoms with Gasteiger partial charge in [-0.05, 0) is 62.5 Å². The van der Waals surface area contributed by atoms with Crippen molar-refractivity contribution in [3.63, 3.8) is 0 Å². The molecule has 0 radical (unpaired) electrons. The molecule has 0 unspecified atom stereocenters. The maximum atomic E-state index is 13.8. The minimum atomic E-state index is -1.20. The van der Waals surface area contributed by atoms with Gasteiger partial charge in [-0.15, -0.1) is 0 Å². The van der Waals surface area contributed by atoms with Gasteiger partial charge in [0, 0.05) is 40.9 Å². The summed E-state index contributed by atoms with van der Waals surface area (Å²) in [4.78, 5) is 31.7. The van der Waals surface area contributed by atoms with Crippen LogP contribution in [0.4, 0.5) is 0 Å². The van der Waals surface area contributed by atoms with Gasteiger partial charge < -0.3 is 28.5 Å². The highest BCUT2D eigenvalue weighted by molar-refractivity contribution is 5.73. The molecule has 5 aliphatic rings. The van der Waals surface area contributed by atoms with Crippen LogP contribution < -0.4 is 10.4 Å². The number of aliphatic hydroxyl groups is 1. The summed E-state index contributed by atoms with van der Waals surface area (Å²) in [5, 5.41) is 12.4. The van der Waals surface area contributed by atoms with Crippen molar-refractivity contribution in [1.82, 2.24) is 4.98 Å². The number of nitrogens with zero attached hydrogens (tertiary/aromatic N) is 1. The number of aliphatic hydroxyl groups excluding tert-OH is 1. The molecule has 254 valence electrons. The highest BCUT2D eigenvalue weighted by Crippen LogP contribution is 2.68.